The highest BCUT2D eigenvalue weighted by Crippen LogP contribution is 2.40. The van der Waals surface area contributed by atoms with Gasteiger partial charge >= 0.3 is 0 Å². The Kier molecular flexibility index (Phi) is 7.42. The summed E-state index contributed by atoms with van der Waals surface area (Å²) in [6.07, 6.45) is 2.04. The highest BCUT2D eigenvalue weighted by atomic mass is 35.5. The number of methoxy groups -OCH3 is 1. The number of ether oxygens (including phenoxy) is 2. The van der Waals surface area contributed by atoms with Crippen LogP contribution >= 0.6 is 24.0 Å². The molecule has 0 saturated carbocycles. The smallest absolute Gasteiger partial charge is 0.124 e. The van der Waals surface area contributed by atoms with Crippen molar-refractivity contribution in [2.75, 3.05) is 27.3 Å². The lowest BCUT2D eigenvalue weighted by Gasteiger charge is -2.32. The number of rotatable bonds is 6. The molecular formula is C20H25Cl2NO2. The lowest BCUT2D eigenvalue weighted by Crippen LogP contribution is -2.30. The molecule has 1 heterocycles. The largest absolute Gasteiger partial charge is 0.497 e. The summed E-state index contributed by atoms with van der Waals surface area (Å²) in [4.78, 5) is 0. The third-order valence-corrected chi connectivity index (χ3v) is 4.96. The zero-order chi connectivity index (χ0) is 16.9. The van der Waals surface area contributed by atoms with Crippen LogP contribution in [0.3, 0.4) is 0 Å². The molecule has 2 aromatic carbocycles. The van der Waals surface area contributed by atoms with Crippen LogP contribution in [0.4, 0.5) is 0 Å². The van der Waals surface area contributed by atoms with Crippen molar-refractivity contribution in [3.63, 3.8) is 0 Å². The van der Waals surface area contributed by atoms with Gasteiger partial charge in [0.2, 0.25) is 0 Å². The molecule has 0 radical (unpaired) electrons. The Balaban J connectivity index is 0.00000225. The Hall–Kier alpha value is -1.42. The van der Waals surface area contributed by atoms with E-state index in [0.29, 0.717) is 11.8 Å². The topological polar surface area (TPSA) is 30.5 Å². The highest BCUT2D eigenvalue weighted by molar-refractivity contribution is 6.30. The summed E-state index contributed by atoms with van der Waals surface area (Å²) in [5, 5.41) is 4.09. The van der Waals surface area contributed by atoms with E-state index in [-0.39, 0.29) is 12.4 Å². The highest BCUT2D eigenvalue weighted by Gasteiger charge is 2.29. The van der Waals surface area contributed by atoms with E-state index in [2.05, 4.69) is 29.6 Å². The fraction of sp³-hybridized carbons (Fsp3) is 0.400. The van der Waals surface area contributed by atoms with Crippen molar-refractivity contribution in [1.29, 1.82) is 0 Å². The van der Waals surface area contributed by atoms with Crippen molar-refractivity contribution in [1.82, 2.24) is 5.32 Å². The number of nitrogens with one attached hydrogen (secondary N) is 1. The maximum Gasteiger partial charge on any atom is 0.124 e. The minimum Gasteiger partial charge on any atom is -0.497 e. The van der Waals surface area contributed by atoms with E-state index in [1.165, 1.54) is 11.1 Å². The molecule has 0 saturated heterocycles. The second-order valence-electron chi connectivity index (χ2n) is 6.30. The summed E-state index contributed by atoms with van der Waals surface area (Å²) in [5.41, 5.74) is 2.57. The van der Waals surface area contributed by atoms with Crippen molar-refractivity contribution in [3.8, 4) is 11.5 Å². The Labute approximate surface area is 161 Å². The van der Waals surface area contributed by atoms with Crippen molar-refractivity contribution in [2.45, 2.75) is 18.8 Å². The maximum absolute atomic E-state index is 6.12. The molecule has 2 aromatic rings. The average molecular weight is 382 g/mol. The quantitative estimate of drug-likeness (QED) is 0.785. The normalized spacial score (nSPS) is 17.0. The molecule has 3 nitrogen and oxygen atoms in total. The lowest BCUT2D eigenvalue weighted by molar-refractivity contribution is 0.235. The summed E-state index contributed by atoms with van der Waals surface area (Å²) >= 11 is 6.12. The van der Waals surface area contributed by atoms with Crippen LogP contribution in [-0.4, -0.2) is 27.3 Å². The molecule has 25 heavy (non-hydrogen) atoms. The van der Waals surface area contributed by atoms with Gasteiger partial charge in [0, 0.05) is 5.02 Å². The van der Waals surface area contributed by atoms with Crippen LogP contribution in [-0.2, 0) is 6.42 Å². The van der Waals surface area contributed by atoms with E-state index in [0.717, 1.165) is 42.5 Å². The van der Waals surface area contributed by atoms with Crippen LogP contribution in [0.1, 0.15) is 23.5 Å². The number of hydrogen-bond donors (Lipinski definition) is 1. The van der Waals surface area contributed by atoms with Crippen LogP contribution in [0.25, 0.3) is 0 Å². The summed E-state index contributed by atoms with van der Waals surface area (Å²) in [5.74, 6) is 2.80. The van der Waals surface area contributed by atoms with Gasteiger partial charge in [0.05, 0.1) is 13.7 Å². The third-order valence-electron chi connectivity index (χ3n) is 4.73. The first-order chi connectivity index (χ1) is 11.7. The fourth-order valence-electron chi connectivity index (χ4n) is 3.60. The van der Waals surface area contributed by atoms with Crippen LogP contribution in [0.5, 0.6) is 11.5 Å². The van der Waals surface area contributed by atoms with Gasteiger partial charge in [-0.05, 0) is 73.7 Å². The SMILES string of the molecule is CNCC(Cc1cccc(OC)c1)C1CCOc2cc(Cl)ccc21.Cl. The minimum absolute atomic E-state index is 0. The van der Waals surface area contributed by atoms with Gasteiger partial charge in [-0.25, -0.2) is 0 Å². The monoisotopic (exact) mass is 381 g/mol. The molecule has 2 unspecified atom stereocenters. The molecule has 1 aliphatic rings. The summed E-state index contributed by atoms with van der Waals surface area (Å²) in [6.45, 7) is 1.71. The Morgan fingerprint density at radius 1 is 1.28 bits per heavy atom. The predicted octanol–water partition coefficient (Wildman–Crippen LogP) is 4.71. The second kappa shape index (κ2) is 9.33. The van der Waals surface area contributed by atoms with Gasteiger partial charge in [-0.2, -0.15) is 0 Å². The Morgan fingerprint density at radius 3 is 2.88 bits per heavy atom. The molecule has 3 rings (SSSR count). The van der Waals surface area contributed by atoms with Crippen LogP contribution in [0.15, 0.2) is 42.5 Å². The molecule has 0 amide bonds. The van der Waals surface area contributed by atoms with E-state index in [1.54, 1.807) is 7.11 Å². The minimum atomic E-state index is 0. The van der Waals surface area contributed by atoms with Crippen LogP contribution in [0.2, 0.25) is 5.02 Å². The van der Waals surface area contributed by atoms with Gasteiger partial charge in [-0.1, -0.05) is 29.8 Å². The van der Waals surface area contributed by atoms with Crippen molar-refractivity contribution in [3.05, 3.63) is 58.6 Å². The van der Waals surface area contributed by atoms with E-state index >= 15 is 0 Å². The predicted molar refractivity (Wildman–Crippen MR) is 106 cm³/mol. The molecule has 1 aliphatic heterocycles. The zero-order valence-corrected chi connectivity index (χ0v) is 16.2. The van der Waals surface area contributed by atoms with Crippen LogP contribution < -0.4 is 14.8 Å². The molecule has 0 spiro atoms. The van der Waals surface area contributed by atoms with Gasteiger partial charge in [0.15, 0.2) is 0 Å². The molecular weight excluding hydrogens is 357 g/mol. The molecule has 0 aliphatic carbocycles. The molecule has 1 N–H and O–H groups in total. The first-order valence-corrected chi connectivity index (χ1v) is 8.79. The summed E-state index contributed by atoms with van der Waals surface area (Å²) in [7, 11) is 3.73. The lowest BCUT2D eigenvalue weighted by atomic mass is 9.79. The van der Waals surface area contributed by atoms with E-state index in [4.69, 9.17) is 21.1 Å². The van der Waals surface area contributed by atoms with Crippen molar-refractivity contribution >= 4 is 24.0 Å². The van der Waals surface area contributed by atoms with Gasteiger partial charge in [0.25, 0.3) is 0 Å². The Morgan fingerprint density at radius 2 is 2.12 bits per heavy atom. The van der Waals surface area contributed by atoms with Crippen molar-refractivity contribution in [2.24, 2.45) is 5.92 Å². The van der Waals surface area contributed by atoms with Crippen molar-refractivity contribution < 1.29 is 9.47 Å². The standard InChI is InChI=1S/C20H24ClNO2.ClH/c1-22-13-15(10-14-4-3-5-17(11-14)23-2)18-8-9-24-20-12-16(21)6-7-19(18)20;/h3-7,11-12,15,18,22H,8-10,13H2,1-2H3;1H. The fourth-order valence-corrected chi connectivity index (χ4v) is 3.76. The molecule has 0 fully saturated rings. The van der Waals surface area contributed by atoms with E-state index in [1.807, 2.05) is 25.2 Å². The molecule has 136 valence electrons. The molecule has 2 atom stereocenters. The van der Waals surface area contributed by atoms with Gasteiger partial charge in [-0.15, -0.1) is 12.4 Å². The number of benzene rings is 2. The Bertz CT molecular complexity index is 693. The number of hydrogen-bond acceptors (Lipinski definition) is 3. The van der Waals surface area contributed by atoms with E-state index < -0.39 is 0 Å². The van der Waals surface area contributed by atoms with Crippen LogP contribution in [0, 0.1) is 5.92 Å². The number of halogens is 2. The second-order valence-corrected chi connectivity index (χ2v) is 6.74. The van der Waals surface area contributed by atoms with E-state index in [9.17, 15) is 0 Å². The van der Waals surface area contributed by atoms with Gasteiger partial charge in [0.1, 0.15) is 11.5 Å². The first-order valence-electron chi connectivity index (χ1n) is 8.41. The zero-order valence-electron chi connectivity index (χ0n) is 14.6. The first kappa shape index (κ1) is 19.9. The number of fused-ring (bicyclic) bond motifs is 1. The molecule has 0 aromatic heterocycles. The molecule has 5 heteroatoms. The molecule has 0 bridgehead atoms. The van der Waals surface area contributed by atoms with Gasteiger partial charge in [-0.3, -0.25) is 0 Å². The van der Waals surface area contributed by atoms with Gasteiger partial charge < -0.3 is 14.8 Å². The maximum atomic E-state index is 6.12. The average Bonchev–Trinajstić information content (AvgIpc) is 2.61. The summed E-state index contributed by atoms with van der Waals surface area (Å²) < 4.78 is 11.2. The summed E-state index contributed by atoms with van der Waals surface area (Å²) in [6, 6.07) is 14.4. The third kappa shape index (κ3) is 4.81.